The van der Waals surface area contributed by atoms with Gasteiger partial charge in [0.25, 0.3) is 0 Å². The summed E-state index contributed by atoms with van der Waals surface area (Å²) in [5.41, 5.74) is 3.82. The summed E-state index contributed by atoms with van der Waals surface area (Å²) in [6, 6.07) is 9.74. The summed E-state index contributed by atoms with van der Waals surface area (Å²) in [5, 5.41) is 10.2. The SMILES string of the molecule is Cn1cc(-c2ccnc(Nc3nc(-c4ccccn4)cs3)c2)cn1. The number of hydrogen-bond acceptors (Lipinski definition) is 6. The lowest BCUT2D eigenvalue weighted by Gasteiger charge is -2.03. The van der Waals surface area contributed by atoms with E-state index in [1.807, 2.05) is 55.2 Å². The molecular weight excluding hydrogens is 320 g/mol. The normalized spacial score (nSPS) is 10.7. The van der Waals surface area contributed by atoms with Crippen LogP contribution in [0.3, 0.4) is 0 Å². The molecule has 0 saturated heterocycles. The van der Waals surface area contributed by atoms with Crippen molar-refractivity contribution in [1.82, 2.24) is 24.7 Å². The van der Waals surface area contributed by atoms with Gasteiger partial charge in [-0.05, 0) is 29.8 Å². The average molecular weight is 334 g/mol. The van der Waals surface area contributed by atoms with Crippen molar-refractivity contribution in [3.8, 4) is 22.5 Å². The summed E-state index contributed by atoms with van der Waals surface area (Å²) in [6.45, 7) is 0. The first-order chi connectivity index (χ1) is 11.8. The quantitative estimate of drug-likeness (QED) is 0.616. The molecule has 0 unspecified atom stereocenters. The van der Waals surface area contributed by atoms with E-state index in [2.05, 4.69) is 25.4 Å². The summed E-state index contributed by atoms with van der Waals surface area (Å²) >= 11 is 1.53. The highest BCUT2D eigenvalue weighted by molar-refractivity contribution is 7.14. The largest absolute Gasteiger partial charge is 0.316 e. The van der Waals surface area contributed by atoms with Crippen LogP contribution in [0.2, 0.25) is 0 Å². The molecule has 0 aliphatic rings. The molecular formula is C17H14N6S. The van der Waals surface area contributed by atoms with Crippen LogP contribution in [0.1, 0.15) is 0 Å². The van der Waals surface area contributed by atoms with Crippen LogP contribution in [-0.2, 0) is 7.05 Å². The fourth-order valence-electron chi connectivity index (χ4n) is 2.32. The van der Waals surface area contributed by atoms with E-state index < -0.39 is 0 Å². The molecule has 6 nitrogen and oxygen atoms in total. The molecule has 0 fully saturated rings. The second-order valence-electron chi connectivity index (χ2n) is 5.21. The monoisotopic (exact) mass is 334 g/mol. The van der Waals surface area contributed by atoms with Gasteiger partial charge in [0.1, 0.15) is 11.5 Å². The van der Waals surface area contributed by atoms with Crippen LogP contribution >= 0.6 is 11.3 Å². The van der Waals surface area contributed by atoms with E-state index in [0.717, 1.165) is 33.5 Å². The maximum atomic E-state index is 4.57. The molecule has 0 amide bonds. The summed E-state index contributed by atoms with van der Waals surface area (Å²) in [5.74, 6) is 0.748. The number of rotatable bonds is 4. The van der Waals surface area contributed by atoms with Gasteiger partial charge in [0, 0.05) is 36.6 Å². The van der Waals surface area contributed by atoms with Crippen molar-refractivity contribution < 1.29 is 0 Å². The maximum absolute atomic E-state index is 4.57. The van der Waals surface area contributed by atoms with Gasteiger partial charge in [0.2, 0.25) is 0 Å². The Bertz CT molecular complexity index is 960. The van der Waals surface area contributed by atoms with Crippen molar-refractivity contribution >= 4 is 22.3 Å². The summed E-state index contributed by atoms with van der Waals surface area (Å²) in [6.07, 6.45) is 7.35. The Balaban J connectivity index is 1.57. The first kappa shape index (κ1) is 14.5. The van der Waals surface area contributed by atoms with Gasteiger partial charge in [-0.15, -0.1) is 11.3 Å². The van der Waals surface area contributed by atoms with Gasteiger partial charge in [0.15, 0.2) is 5.13 Å². The molecule has 0 spiro atoms. The van der Waals surface area contributed by atoms with E-state index in [-0.39, 0.29) is 0 Å². The molecule has 24 heavy (non-hydrogen) atoms. The summed E-state index contributed by atoms with van der Waals surface area (Å²) in [4.78, 5) is 13.2. The van der Waals surface area contributed by atoms with Crippen LogP contribution < -0.4 is 5.32 Å². The van der Waals surface area contributed by atoms with E-state index in [0.29, 0.717) is 0 Å². The van der Waals surface area contributed by atoms with Crippen LogP contribution in [0.25, 0.3) is 22.5 Å². The third-order valence-electron chi connectivity index (χ3n) is 3.46. The predicted molar refractivity (Wildman–Crippen MR) is 95.1 cm³/mol. The lowest BCUT2D eigenvalue weighted by molar-refractivity contribution is 0.768. The fourth-order valence-corrected chi connectivity index (χ4v) is 3.03. The predicted octanol–water partition coefficient (Wildman–Crippen LogP) is 3.74. The second kappa shape index (κ2) is 6.21. The van der Waals surface area contributed by atoms with Gasteiger partial charge < -0.3 is 5.32 Å². The zero-order chi connectivity index (χ0) is 16.4. The highest BCUT2D eigenvalue weighted by Gasteiger charge is 2.07. The number of thiazole rings is 1. The average Bonchev–Trinajstić information content (AvgIpc) is 3.25. The highest BCUT2D eigenvalue weighted by Crippen LogP contribution is 2.27. The highest BCUT2D eigenvalue weighted by atomic mass is 32.1. The Kier molecular flexibility index (Phi) is 3.76. The van der Waals surface area contributed by atoms with E-state index in [1.54, 1.807) is 17.1 Å². The molecule has 118 valence electrons. The summed E-state index contributed by atoms with van der Waals surface area (Å²) in [7, 11) is 1.90. The van der Waals surface area contributed by atoms with Crippen molar-refractivity contribution in [2.75, 3.05) is 5.32 Å². The van der Waals surface area contributed by atoms with Gasteiger partial charge in [-0.1, -0.05) is 6.07 Å². The van der Waals surface area contributed by atoms with Crippen molar-refractivity contribution in [2.45, 2.75) is 0 Å². The minimum Gasteiger partial charge on any atom is -0.316 e. The number of nitrogens with one attached hydrogen (secondary N) is 1. The van der Waals surface area contributed by atoms with Crippen LogP contribution in [0.15, 0.2) is 60.5 Å². The van der Waals surface area contributed by atoms with Gasteiger partial charge in [-0.2, -0.15) is 5.10 Å². The lowest BCUT2D eigenvalue weighted by atomic mass is 10.1. The number of anilines is 2. The minimum atomic E-state index is 0.748. The number of pyridine rings is 2. The van der Waals surface area contributed by atoms with Crippen molar-refractivity contribution in [3.05, 3.63) is 60.5 Å². The number of nitrogens with zero attached hydrogens (tertiary/aromatic N) is 5. The first-order valence-corrected chi connectivity index (χ1v) is 8.25. The Morgan fingerprint density at radius 1 is 1.04 bits per heavy atom. The molecule has 0 radical (unpaired) electrons. The van der Waals surface area contributed by atoms with Gasteiger partial charge in [-0.3, -0.25) is 9.67 Å². The Morgan fingerprint density at radius 2 is 2.00 bits per heavy atom. The van der Waals surface area contributed by atoms with E-state index >= 15 is 0 Å². The van der Waals surface area contributed by atoms with Crippen LogP contribution in [0.5, 0.6) is 0 Å². The molecule has 4 heterocycles. The molecule has 0 atom stereocenters. The first-order valence-electron chi connectivity index (χ1n) is 7.37. The zero-order valence-corrected chi connectivity index (χ0v) is 13.7. The van der Waals surface area contributed by atoms with Crippen LogP contribution in [0.4, 0.5) is 10.9 Å². The molecule has 1 N–H and O–H groups in total. The molecule has 0 bridgehead atoms. The summed E-state index contributed by atoms with van der Waals surface area (Å²) < 4.78 is 1.78. The number of hydrogen-bond donors (Lipinski definition) is 1. The second-order valence-corrected chi connectivity index (χ2v) is 6.07. The Hall–Kier alpha value is -3.06. The zero-order valence-electron chi connectivity index (χ0n) is 12.9. The molecule has 0 aliphatic carbocycles. The van der Waals surface area contributed by atoms with Crippen molar-refractivity contribution in [1.29, 1.82) is 0 Å². The number of aryl methyl sites for hydroxylation is 1. The van der Waals surface area contributed by atoms with Crippen LogP contribution in [-0.4, -0.2) is 24.7 Å². The van der Waals surface area contributed by atoms with Gasteiger partial charge >= 0.3 is 0 Å². The van der Waals surface area contributed by atoms with Crippen molar-refractivity contribution in [3.63, 3.8) is 0 Å². The van der Waals surface area contributed by atoms with Gasteiger partial charge in [-0.25, -0.2) is 9.97 Å². The fraction of sp³-hybridized carbons (Fsp3) is 0.0588. The van der Waals surface area contributed by atoms with E-state index in [9.17, 15) is 0 Å². The van der Waals surface area contributed by atoms with E-state index in [1.165, 1.54) is 11.3 Å². The molecule has 0 saturated carbocycles. The third-order valence-corrected chi connectivity index (χ3v) is 4.22. The maximum Gasteiger partial charge on any atom is 0.188 e. The van der Waals surface area contributed by atoms with Crippen LogP contribution in [0, 0.1) is 0 Å². The topological polar surface area (TPSA) is 68.5 Å². The molecule has 7 heteroatoms. The van der Waals surface area contributed by atoms with Gasteiger partial charge in [0.05, 0.1) is 11.9 Å². The lowest BCUT2D eigenvalue weighted by Crippen LogP contribution is -1.93. The standard InChI is InChI=1S/C17H14N6S/c1-23-10-13(9-20-23)12-5-7-19-16(8-12)22-17-21-15(11-24-17)14-4-2-3-6-18-14/h2-11H,1H3,(H,19,21,22). The Labute approximate surface area is 142 Å². The molecule has 4 aromatic heterocycles. The smallest absolute Gasteiger partial charge is 0.188 e. The minimum absolute atomic E-state index is 0.748. The molecule has 4 aromatic rings. The third kappa shape index (κ3) is 3.02. The molecule has 0 aliphatic heterocycles. The Morgan fingerprint density at radius 3 is 2.79 bits per heavy atom. The molecule has 0 aromatic carbocycles. The van der Waals surface area contributed by atoms with E-state index in [4.69, 9.17) is 0 Å². The molecule has 4 rings (SSSR count). The number of aromatic nitrogens is 5. The van der Waals surface area contributed by atoms with Crippen molar-refractivity contribution in [2.24, 2.45) is 7.05 Å².